The second-order valence-corrected chi connectivity index (χ2v) is 8.28. The number of benzene rings is 1. The fraction of sp³-hybridized carbons (Fsp3) is 0.273. The van der Waals surface area contributed by atoms with Gasteiger partial charge in [0.1, 0.15) is 5.56 Å². The van der Waals surface area contributed by atoms with Crippen molar-refractivity contribution in [3.05, 3.63) is 69.4 Å². The van der Waals surface area contributed by atoms with Crippen molar-refractivity contribution in [3.8, 4) is 0 Å². The average Bonchev–Trinajstić information content (AvgIpc) is 3.04. The van der Waals surface area contributed by atoms with Crippen LogP contribution in [0.15, 0.2) is 47.5 Å². The van der Waals surface area contributed by atoms with E-state index in [4.69, 9.17) is 17.3 Å². The summed E-state index contributed by atoms with van der Waals surface area (Å²) in [4.78, 5) is 30.7. The Morgan fingerprint density at radius 2 is 2.13 bits per heavy atom. The smallest absolute Gasteiger partial charge is 0.260 e. The predicted octanol–water partition coefficient (Wildman–Crippen LogP) is 3.50. The van der Waals surface area contributed by atoms with Crippen molar-refractivity contribution >= 4 is 39.7 Å². The Morgan fingerprint density at radius 3 is 2.87 bits per heavy atom. The maximum Gasteiger partial charge on any atom is 0.260 e. The van der Waals surface area contributed by atoms with Crippen molar-refractivity contribution in [2.24, 2.45) is 0 Å². The van der Waals surface area contributed by atoms with Gasteiger partial charge in [0, 0.05) is 24.1 Å². The van der Waals surface area contributed by atoms with Gasteiger partial charge in [-0.05, 0) is 49.8 Å². The Kier molecular flexibility index (Phi) is 4.66. The monoisotopic (exact) mass is 436 g/mol. The number of aromatic nitrogens is 4. The lowest BCUT2D eigenvalue weighted by molar-refractivity contribution is 0.0939. The van der Waals surface area contributed by atoms with Gasteiger partial charge in [0.2, 0.25) is 0 Å². The van der Waals surface area contributed by atoms with Crippen molar-refractivity contribution in [1.82, 2.24) is 24.5 Å². The van der Waals surface area contributed by atoms with Crippen LogP contribution in [-0.4, -0.2) is 25.1 Å². The molecule has 1 aliphatic rings. The molecule has 1 fully saturated rings. The Balaban J connectivity index is 1.58. The molecule has 3 N–H and O–H groups in total. The number of carbonyl (C=O) groups excluding carboxylic acids is 1. The van der Waals surface area contributed by atoms with E-state index in [0.29, 0.717) is 16.1 Å². The van der Waals surface area contributed by atoms with Gasteiger partial charge in [-0.25, -0.2) is 9.50 Å². The van der Waals surface area contributed by atoms with Crippen LogP contribution >= 0.6 is 11.6 Å². The molecule has 1 atom stereocenters. The average molecular weight is 437 g/mol. The predicted molar refractivity (Wildman–Crippen MR) is 119 cm³/mol. The Hall–Kier alpha value is -3.39. The number of fused-ring (bicyclic) bond motifs is 2. The Labute approximate surface area is 182 Å². The molecular weight excluding hydrogens is 416 g/mol. The first-order chi connectivity index (χ1) is 15.0. The van der Waals surface area contributed by atoms with Gasteiger partial charge in [0.25, 0.3) is 11.5 Å². The minimum atomic E-state index is -0.442. The third kappa shape index (κ3) is 3.14. The first kappa shape index (κ1) is 19.6. The van der Waals surface area contributed by atoms with Crippen molar-refractivity contribution in [1.29, 1.82) is 0 Å². The molecule has 3 heterocycles. The molecule has 4 aromatic rings. The molecule has 5 rings (SSSR count). The van der Waals surface area contributed by atoms with E-state index in [1.807, 2.05) is 25.1 Å². The largest absolute Gasteiger partial charge is 0.381 e. The summed E-state index contributed by atoms with van der Waals surface area (Å²) >= 11 is 6.34. The number of nitrogens with one attached hydrogen (secondary N) is 1. The maximum atomic E-state index is 13.4. The number of amides is 1. The Morgan fingerprint density at radius 1 is 1.32 bits per heavy atom. The zero-order valence-electron chi connectivity index (χ0n) is 16.9. The quantitative estimate of drug-likeness (QED) is 0.509. The van der Waals surface area contributed by atoms with Crippen LogP contribution in [0.25, 0.3) is 16.4 Å². The van der Waals surface area contributed by atoms with Crippen LogP contribution in [0.1, 0.15) is 54.3 Å². The summed E-state index contributed by atoms with van der Waals surface area (Å²) in [6.07, 6.45) is 6.18. The van der Waals surface area contributed by atoms with Gasteiger partial charge >= 0.3 is 0 Å². The summed E-state index contributed by atoms with van der Waals surface area (Å²) in [7, 11) is 0. The van der Waals surface area contributed by atoms with Gasteiger partial charge in [-0.15, -0.1) is 5.10 Å². The van der Waals surface area contributed by atoms with E-state index >= 15 is 0 Å². The van der Waals surface area contributed by atoms with Crippen LogP contribution in [-0.2, 0) is 0 Å². The van der Waals surface area contributed by atoms with Crippen LogP contribution < -0.4 is 16.6 Å². The molecule has 0 radical (unpaired) electrons. The van der Waals surface area contributed by atoms with E-state index in [9.17, 15) is 9.59 Å². The lowest BCUT2D eigenvalue weighted by Gasteiger charge is -2.32. The van der Waals surface area contributed by atoms with Gasteiger partial charge in [0.15, 0.2) is 11.5 Å². The van der Waals surface area contributed by atoms with Gasteiger partial charge in [0.05, 0.1) is 16.5 Å². The summed E-state index contributed by atoms with van der Waals surface area (Å²) in [6.45, 7) is 1.85. The number of rotatable bonds is 4. The van der Waals surface area contributed by atoms with Gasteiger partial charge in [-0.3, -0.25) is 9.59 Å². The number of hydrogen-bond donors (Lipinski definition) is 2. The molecule has 8 nitrogen and oxygen atoms in total. The molecule has 1 amide bonds. The molecule has 158 valence electrons. The second-order valence-electron chi connectivity index (χ2n) is 7.88. The van der Waals surface area contributed by atoms with Crippen molar-refractivity contribution in [2.45, 2.75) is 38.3 Å². The second kappa shape index (κ2) is 7.39. The summed E-state index contributed by atoms with van der Waals surface area (Å²) in [6, 6.07) is 8.70. The number of pyridine rings is 1. The summed E-state index contributed by atoms with van der Waals surface area (Å²) in [5.41, 5.74) is 7.20. The highest BCUT2D eigenvalue weighted by molar-refractivity contribution is 6.35. The van der Waals surface area contributed by atoms with Crippen molar-refractivity contribution in [3.63, 3.8) is 0 Å². The molecule has 0 bridgehead atoms. The highest BCUT2D eigenvalue weighted by atomic mass is 35.5. The van der Waals surface area contributed by atoms with Crippen LogP contribution in [0.2, 0.25) is 5.02 Å². The molecule has 0 aliphatic heterocycles. The minimum Gasteiger partial charge on any atom is -0.381 e. The minimum absolute atomic E-state index is 0.102. The fourth-order valence-corrected chi connectivity index (χ4v) is 4.44. The van der Waals surface area contributed by atoms with Gasteiger partial charge in [-0.1, -0.05) is 23.7 Å². The normalized spacial score (nSPS) is 15.2. The standard InChI is InChI=1S/C22H21ClN6O2/c1-12(26-21(30)18-19(24)27-28-10-4-9-25-20(18)28)16-11-13-5-2-8-15(23)17(13)22(31)29(16)14-6-3-7-14/h2,4-5,8-12,14H,3,6-7H2,1H3,(H2,24,27)(H,26,30). The van der Waals surface area contributed by atoms with E-state index in [0.717, 1.165) is 30.3 Å². The van der Waals surface area contributed by atoms with Crippen LogP contribution in [0.4, 0.5) is 5.82 Å². The van der Waals surface area contributed by atoms with E-state index < -0.39 is 11.9 Å². The molecule has 9 heteroatoms. The molecule has 0 saturated heterocycles. The van der Waals surface area contributed by atoms with E-state index in [2.05, 4.69) is 15.4 Å². The molecule has 1 aromatic carbocycles. The van der Waals surface area contributed by atoms with Crippen molar-refractivity contribution < 1.29 is 4.79 Å². The fourth-order valence-electron chi connectivity index (χ4n) is 4.17. The number of nitrogen functional groups attached to an aromatic ring is 1. The zero-order valence-corrected chi connectivity index (χ0v) is 17.6. The molecule has 1 aliphatic carbocycles. The number of halogens is 1. The topological polar surface area (TPSA) is 107 Å². The van der Waals surface area contributed by atoms with Crippen molar-refractivity contribution in [2.75, 3.05) is 5.73 Å². The number of anilines is 1. The van der Waals surface area contributed by atoms with Gasteiger partial charge < -0.3 is 15.6 Å². The van der Waals surface area contributed by atoms with Crippen LogP contribution in [0.5, 0.6) is 0 Å². The third-order valence-corrected chi connectivity index (χ3v) is 6.26. The number of nitrogens with zero attached hydrogens (tertiary/aromatic N) is 4. The van der Waals surface area contributed by atoms with E-state index in [1.54, 1.807) is 29.1 Å². The zero-order chi connectivity index (χ0) is 21.7. The maximum absolute atomic E-state index is 13.4. The SMILES string of the molecule is CC(NC(=O)c1c(N)nn2cccnc12)c1cc2cccc(Cl)c2c(=O)n1C1CCC1. The van der Waals surface area contributed by atoms with E-state index in [1.165, 1.54) is 4.52 Å². The summed E-state index contributed by atoms with van der Waals surface area (Å²) in [5, 5.41) is 8.82. The van der Waals surface area contributed by atoms with E-state index in [-0.39, 0.29) is 23.0 Å². The van der Waals surface area contributed by atoms with Crippen LogP contribution in [0.3, 0.4) is 0 Å². The highest BCUT2D eigenvalue weighted by Crippen LogP contribution is 2.34. The number of nitrogens with two attached hydrogens (primary N) is 1. The molecule has 31 heavy (non-hydrogen) atoms. The Bertz CT molecular complexity index is 1390. The van der Waals surface area contributed by atoms with Gasteiger partial charge in [-0.2, -0.15) is 0 Å². The lowest BCUT2D eigenvalue weighted by Crippen LogP contribution is -2.36. The number of hydrogen-bond acceptors (Lipinski definition) is 5. The molecular formula is C22H21ClN6O2. The summed E-state index contributed by atoms with van der Waals surface area (Å²) < 4.78 is 3.26. The molecule has 1 unspecified atom stereocenters. The first-order valence-electron chi connectivity index (χ1n) is 10.2. The summed E-state index contributed by atoms with van der Waals surface area (Å²) in [5.74, 6) is -0.289. The molecule has 1 saturated carbocycles. The molecule has 0 spiro atoms. The third-order valence-electron chi connectivity index (χ3n) is 5.94. The first-order valence-corrected chi connectivity index (χ1v) is 10.6. The van der Waals surface area contributed by atoms with Crippen LogP contribution in [0, 0.1) is 0 Å². The molecule has 3 aromatic heterocycles. The highest BCUT2D eigenvalue weighted by Gasteiger charge is 2.28. The number of carbonyl (C=O) groups is 1. The lowest BCUT2D eigenvalue weighted by atomic mass is 9.91.